The smallest absolute Gasteiger partial charge is 0.224 e. The number of nitrogens with zero attached hydrogens (tertiary/aromatic N) is 2. The molecule has 2 aromatic carbocycles. The number of rotatable bonds is 9. The van der Waals surface area contributed by atoms with Gasteiger partial charge in [0.05, 0.1) is 6.54 Å². The van der Waals surface area contributed by atoms with Crippen molar-refractivity contribution in [1.29, 1.82) is 0 Å². The summed E-state index contributed by atoms with van der Waals surface area (Å²) in [5, 5.41) is 6.55. The lowest BCUT2D eigenvalue weighted by Gasteiger charge is -2.17. The van der Waals surface area contributed by atoms with Gasteiger partial charge in [0.1, 0.15) is 0 Å². The Balaban J connectivity index is 0.00000392. The van der Waals surface area contributed by atoms with Crippen molar-refractivity contribution < 1.29 is 4.79 Å². The van der Waals surface area contributed by atoms with Crippen LogP contribution in [-0.2, 0) is 17.8 Å². The van der Waals surface area contributed by atoms with Gasteiger partial charge in [0.25, 0.3) is 0 Å². The number of guanidine groups is 1. The van der Waals surface area contributed by atoms with Gasteiger partial charge in [0, 0.05) is 33.1 Å². The van der Waals surface area contributed by atoms with E-state index < -0.39 is 0 Å². The largest absolute Gasteiger partial charge is 0.357 e. The van der Waals surface area contributed by atoms with Crippen LogP contribution in [0.5, 0.6) is 0 Å². The molecule has 28 heavy (non-hydrogen) atoms. The first kappa shape index (κ1) is 23.9. The predicted molar refractivity (Wildman–Crippen MR) is 127 cm³/mol. The summed E-state index contributed by atoms with van der Waals surface area (Å²) in [4.78, 5) is 18.6. The lowest BCUT2D eigenvalue weighted by Crippen LogP contribution is -2.38. The van der Waals surface area contributed by atoms with Gasteiger partial charge < -0.3 is 15.5 Å². The van der Waals surface area contributed by atoms with E-state index in [9.17, 15) is 4.79 Å². The first-order chi connectivity index (χ1) is 13.2. The van der Waals surface area contributed by atoms with Gasteiger partial charge in [0.2, 0.25) is 5.91 Å². The summed E-state index contributed by atoms with van der Waals surface area (Å²) in [7, 11) is 1.84. The van der Waals surface area contributed by atoms with Crippen LogP contribution in [0.1, 0.15) is 24.5 Å². The Morgan fingerprint density at radius 2 is 1.57 bits per heavy atom. The molecule has 2 N–H and O–H groups in total. The lowest BCUT2D eigenvalue weighted by atomic mass is 10.1. The highest BCUT2D eigenvalue weighted by atomic mass is 127. The monoisotopic (exact) mass is 494 g/mol. The average Bonchev–Trinajstić information content (AvgIpc) is 2.69. The van der Waals surface area contributed by atoms with E-state index in [0.29, 0.717) is 19.5 Å². The number of carbonyl (C=O) groups excluding carboxylic acids is 1. The van der Waals surface area contributed by atoms with E-state index in [1.807, 2.05) is 62.5 Å². The fraction of sp³-hybridized carbons (Fsp3) is 0.364. The molecule has 6 heteroatoms. The molecule has 2 rings (SSSR count). The molecule has 0 atom stereocenters. The van der Waals surface area contributed by atoms with Crippen molar-refractivity contribution in [2.24, 2.45) is 4.99 Å². The Kier molecular flexibility index (Phi) is 12.0. The van der Waals surface area contributed by atoms with Crippen molar-refractivity contribution in [3.63, 3.8) is 0 Å². The summed E-state index contributed by atoms with van der Waals surface area (Å²) in [6.07, 6.45) is 1.34. The van der Waals surface area contributed by atoms with Crippen molar-refractivity contribution in [3.05, 3.63) is 71.8 Å². The van der Waals surface area contributed by atoms with Gasteiger partial charge >= 0.3 is 0 Å². The number of aliphatic imine (C=N–C) groups is 1. The van der Waals surface area contributed by atoms with E-state index in [1.54, 1.807) is 4.90 Å². The Morgan fingerprint density at radius 3 is 2.18 bits per heavy atom. The molecule has 5 nitrogen and oxygen atoms in total. The maximum absolute atomic E-state index is 12.3. The number of benzene rings is 2. The number of amides is 1. The Morgan fingerprint density at radius 1 is 0.964 bits per heavy atom. The highest BCUT2D eigenvalue weighted by Crippen LogP contribution is 2.04. The van der Waals surface area contributed by atoms with Crippen molar-refractivity contribution in [2.75, 3.05) is 26.7 Å². The standard InChI is InChI=1S/C22H30N4O.HI/c1-3-23-22(24-16-14-19-10-6-4-7-11-19)25-17-15-21(27)26(2)18-20-12-8-5-9-13-20;/h4-13H,3,14-18H2,1-2H3,(H2,23,24,25);1H. The van der Waals surface area contributed by atoms with E-state index in [0.717, 1.165) is 31.0 Å². The van der Waals surface area contributed by atoms with Crippen LogP contribution in [0.3, 0.4) is 0 Å². The van der Waals surface area contributed by atoms with E-state index in [2.05, 4.69) is 27.8 Å². The second-order valence-corrected chi connectivity index (χ2v) is 6.41. The molecule has 0 unspecified atom stereocenters. The zero-order valence-corrected chi connectivity index (χ0v) is 19.1. The molecule has 0 fully saturated rings. The van der Waals surface area contributed by atoms with E-state index in [1.165, 1.54) is 5.56 Å². The van der Waals surface area contributed by atoms with Gasteiger partial charge in [-0.15, -0.1) is 24.0 Å². The van der Waals surface area contributed by atoms with Gasteiger partial charge in [-0.3, -0.25) is 9.79 Å². The van der Waals surface area contributed by atoms with Crippen molar-refractivity contribution in [1.82, 2.24) is 15.5 Å². The molecular formula is C22H31IN4O. The highest BCUT2D eigenvalue weighted by Gasteiger charge is 2.08. The molecule has 0 saturated heterocycles. The lowest BCUT2D eigenvalue weighted by molar-refractivity contribution is -0.130. The number of nitrogens with one attached hydrogen (secondary N) is 2. The third-order valence-electron chi connectivity index (χ3n) is 4.18. The number of hydrogen-bond acceptors (Lipinski definition) is 2. The molecule has 0 heterocycles. The first-order valence-corrected chi connectivity index (χ1v) is 9.53. The maximum Gasteiger partial charge on any atom is 0.224 e. The molecule has 0 saturated carbocycles. The van der Waals surface area contributed by atoms with Gasteiger partial charge in [-0.05, 0) is 24.5 Å². The SMILES string of the molecule is CCNC(=NCCC(=O)N(C)Cc1ccccc1)NCCc1ccccc1.I. The van der Waals surface area contributed by atoms with Crippen LogP contribution in [0.15, 0.2) is 65.7 Å². The second kappa shape index (κ2) is 14.0. The minimum absolute atomic E-state index is 0. The summed E-state index contributed by atoms with van der Waals surface area (Å²) in [5.74, 6) is 0.856. The van der Waals surface area contributed by atoms with Gasteiger partial charge in [-0.1, -0.05) is 60.7 Å². The van der Waals surface area contributed by atoms with Crippen molar-refractivity contribution >= 4 is 35.8 Å². The third-order valence-corrected chi connectivity index (χ3v) is 4.18. The summed E-state index contributed by atoms with van der Waals surface area (Å²) in [5.41, 5.74) is 2.42. The minimum Gasteiger partial charge on any atom is -0.357 e. The molecule has 0 radical (unpaired) electrons. The van der Waals surface area contributed by atoms with Crippen LogP contribution in [0.2, 0.25) is 0 Å². The van der Waals surface area contributed by atoms with Crippen LogP contribution in [0.25, 0.3) is 0 Å². The quantitative estimate of drug-likeness (QED) is 0.319. The van der Waals surface area contributed by atoms with Gasteiger partial charge in [-0.25, -0.2) is 0 Å². The average molecular weight is 494 g/mol. The second-order valence-electron chi connectivity index (χ2n) is 6.41. The van der Waals surface area contributed by atoms with Crippen LogP contribution in [-0.4, -0.2) is 43.4 Å². The molecule has 0 aliphatic rings. The summed E-state index contributed by atoms with van der Waals surface area (Å²) < 4.78 is 0. The predicted octanol–water partition coefficient (Wildman–Crippen LogP) is 3.45. The highest BCUT2D eigenvalue weighted by molar-refractivity contribution is 14.0. The Labute approximate surface area is 185 Å². The minimum atomic E-state index is 0. The van der Waals surface area contributed by atoms with Crippen molar-refractivity contribution in [3.8, 4) is 0 Å². The summed E-state index contributed by atoms with van der Waals surface area (Å²) in [6, 6.07) is 20.4. The Bertz CT molecular complexity index is 707. The fourth-order valence-corrected chi connectivity index (χ4v) is 2.71. The van der Waals surface area contributed by atoms with Crippen LogP contribution >= 0.6 is 24.0 Å². The molecule has 0 spiro atoms. The maximum atomic E-state index is 12.3. The van der Waals surface area contributed by atoms with Gasteiger partial charge in [0.15, 0.2) is 5.96 Å². The zero-order chi connectivity index (χ0) is 19.3. The third kappa shape index (κ3) is 9.21. The van der Waals surface area contributed by atoms with Crippen LogP contribution < -0.4 is 10.6 Å². The van der Waals surface area contributed by atoms with Crippen LogP contribution in [0, 0.1) is 0 Å². The summed E-state index contributed by atoms with van der Waals surface area (Å²) in [6.45, 7) is 4.72. The first-order valence-electron chi connectivity index (χ1n) is 9.53. The molecule has 2 aromatic rings. The summed E-state index contributed by atoms with van der Waals surface area (Å²) >= 11 is 0. The number of hydrogen-bond donors (Lipinski definition) is 2. The van der Waals surface area contributed by atoms with E-state index in [-0.39, 0.29) is 29.9 Å². The molecular weight excluding hydrogens is 463 g/mol. The Hall–Kier alpha value is -2.09. The zero-order valence-electron chi connectivity index (χ0n) is 16.7. The molecule has 0 bridgehead atoms. The normalized spacial score (nSPS) is 10.7. The fourth-order valence-electron chi connectivity index (χ4n) is 2.71. The molecule has 0 aliphatic carbocycles. The van der Waals surface area contributed by atoms with E-state index in [4.69, 9.17) is 0 Å². The topological polar surface area (TPSA) is 56.7 Å². The molecule has 0 aromatic heterocycles. The molecule has 152 valence electrons. The molecule has 1 amide bonds. The van der Waals surface area contributed by atoms with Crippen molar-refractivity contribution in [2.45, 2.75) is 26.3 Å². The van der Waals surface area contributed by atoms with E-state index >= 15 is 0 Å². The molecule has 0 aliphatic heterocycles. The van der Waals surface area contributed by atoms with Gasteiger partial charge in [-0.2, -0.15) is 0 Å². The number of halogens is 1. The van der Waals surface area contributed by atoms with Crippen LogP contribution in [0.4, 0.5) is 0 Å². The number of carbonyl (C=O) groups is 1.